The molecule has 0 bridgehead atoms. The van der Waals surface area contributed by atoms with Crippen LogP contribution in [-0.2, 0) is 4.74 Å². The highest BCUT2D eigenvalue weighted by Gasteiger charge is 2.23. The van der Waals surface area contributed by atoms with E-state index in [9.17, 15) is 4.79 Å². The number of carbonyl (C=O) groups is 1. The van der Waals surface area contributed by atoms with E-state index in [0.717, 1.165) is 0 Å². The molecule has 0 aromatic rings. The standard InChI is InChI=1S/C6H13N3O2/c1-8-6(10)9-4-2-5(7)11-3-4/h4-5H,2-3,7H2,1H3,(H2,8,9,10). The molecule has 5 heteroatoms. The van der Waals surface area contributed by atoms with Gasteiger partial charge in [0.25, 0.3) is 0 Å². The molecular formula is C6H13N3O2. The molecule has 0 saturated carbocycles. The van der Waals surface area contributed by atoms with E-state index in [4.69, 9.17) is 10.5 Å². The average Bonchev–Trinajstić information content (AvgIpc) is 2.35. The smallest absolute Gasteiger partial charge is 0.314 e. The van der Waals surface area contributed by atoms with E-state index >= 15 is 0 Å². The molecule has 0 radical (unpaired) electrons. The fraction of sp³-hybridized carbons (Fsp3) is 0.833. The van der Waals surface area contributed by atoms with Crippen LogP contribution in [0.4, 0.5) is 4.79 Å². The van der Waals surface area contributed by atoms with E-state index in [-0.39, 0.29) is 18.3 Å². The van der Waals surface area contributed by atoms with E-state index in [1.54, 1.807) is 7.05 Å². The number of nitrogens with two attached hydrogens (primary N) is 1. The largest absolute Gasteiger partial charge is 0.361 e. The van der Waals surface area contributed by atoms with Gasteiger partial charge in [0.1, 0.15) is 6.23 Å². The molecular weight excluding hydrogens is 146 g/mol. The first-order chi connectivity index (χ1) is 5.22. The van der Waals surface area contributed by atoms with Crippen molar-refractivity contribution in [2.45, 2.75) is 18.7 Å². The van der Waals surface area contributed by atoms with Crippen molar-refractivity contribution in [2.75, 3.05) is 13.7 Å². The van der Waals surface area contributed by atoms with Crippen LogP contribution in [0.2, 0.25) is 0 Å². The van der Waals surface area contributed by atoms with Crippen molar-refractivity contribution in [3.8, 4) is 0 Å². The topological polar surface area (TPSA) is 76.4 Å². The minimum Gasteiger partial charge on any atom is -0.361 e. The molecule has 0 spiro atoms. The summed E-state index contributed by atoms with van der Waals surface area (Å²) in [5.41, 5.74) is 5.45. The molecule has 2 amide bonds. The summed E-state index contributed by atoms with van der Waals surface area (Å²) in [5.74, 6) is 0. The molecule has 2 atom stereocenters. The molecule has 1 rings (SSSR count). The SMILES string of the molecule is CNC(=O)NC1COC(N)C1. The van der Waals surface area contributed by atoms with Gasteiger partial charge in [0.05, 0.1) is 12.6 Å². The lowest BCUT2D eigenvalue weighted by atomic mass is 10.2. The Balaban J connectivity index is 2.23. The van der Waals surface area contributed by atoms with Crippen molar-refractivity contribution < 1.29 is 9.53 Å². The number of hydrogen-bond donors (Lipinski definition) is 3. The van der Waals surface area contributed by atoms with Gasteiger partial charge in [-0.2, -0.15) is 0 Å². The van der Waals surface area contributed by atoms with Crippen molar-refractivity contribution >= 4 is 6.03 Å². The lowest BCUT2D eigenvalue weighted by Crippen LogP contribution is -2.41. The van der Waals surface area contributed by atoms with Gasteiger partial charge in [0.15, 0.2) is 0 Å². The summed E-state index contributed by atoms with van der Waals surface area (Å²) < 4.78 is 5.05. The van der Waals surface area contributed by atoms with Crippen LogP contribution in [0.1, 0.15) is 6.42 Å². The van der Waals surface area contributed by atoms with Crippen molar-refractivity contribution in [1.82, 2.24) is 10.6 Å². The number of urea groups is 1. The Labute approximate surface area is 65.3 Å². The zero-order chi connectivity index (χ0) is 8.27. The zero-order valence-electron chi connectivity index (χ0n) is 6.46. The van der Waals surface area contributed by atoms with Gasteiger partial charge >= 0.3 is 6.03 Å². The Morgan fingerprint density at radius 1 is 1.73 bits per heavy atom. The van der Waals surface area contributed by atoms with Gasteiger partial charge in [-0.1, -0.05) is 0 Å². The maximum atomic E-state index is 10.8. The van der Waals surface area contributed by atoms with Gasteiger partial charge in [-0.15, -0.1) is 0 Å². The Hall–Kier alpha value is -0.810. The van der Waals surface area contributed by atoms with Crippen molar-refractivity contribution in [3.05, 3.63) is 0 Å². The normalized spacial score (nSPS) is 30.0. The predicted molar refractivity (Wildman–Crippen MR) is 39.9 cm³/mol. The highest BCUT2D eigenvalue weighted by molar-refractivity contribution is 5.73. The third-order valence-electron chi connectivity index (χ3n) is 1.59. The summed E-state index contributed by atoms with van der Waals surface area (Å²) in [4.78, 5) is 10.8. The highest BCUT2D eigenvalue weighted by Crippen LogP contribution is 2.07. The predicted octanol–water partition coefficient (Wildman–Crippen LogP) is -1.01. The van der Waals surface area contributed by atoms with Crippen LogP contribution >= 0.6 is 0 Å². The average molecular weight is 159 g/mol. The van der Waals surface area contributed by atoms with Crippen molar-refractivity contribution in [2.24, 2.45) is 5.73 Å². The number of nitrogens with one attached hydrogen (secondary N) is 2. The number of amides is 2. The van der Waals surface area contributed by atoms with E-state index in [1.807, 2.05) is 0 Å². The summed E-state index contributed by atoms with van der Waals surface area (Å²) in [7, 11) is 1.57. The van der Waals surface area contributed by atoms with Crippen LogP contribution in [0, 0.1) is 0 Å². The molecule has 4 N–H and O–H groups in total. The molecule has 1 fully saturated rings. The van der Waals surface area contributed by atoms with E-state index in [2.05, 4.69) is 10.6 Å². The molecule has 1 aliphatic rings. The molecule has 0 aliphatic carbocycles. The molecule has 64 valence electrons. The number of rotatable bonds is 1. The molecule has 1 heterocycles. The van der Waals surface area contributed by atoms with Crippen molar-refractivity contribution in [3.63, 3.8) is 0 Å². The fourth-order valence-corrected chi connectivity index (χ4v) is 1.01. The number of carbonyl (C=O) groups excluding carboxylic acids is 1. The maximum absolute atomic E-state index is 10.8. The second-order valence-corrected chi connectivity index (χ2v) is 2.53. The summed E-state index contributed by atoms with van der Waals surface area (Å²) in [5, 5.41) is 5.16. The van der Waals surface area contributed by atoms with Gasteiger partial charge in [0, 0.05) is 13.5 Å². The zero-order valence-corrected chi connectivity index (χ0v) is 6.46. The molecule has 5 nitrogen and oxygen atoms in total. The lowest BCUT2D eigenvalue weighted by molar-refractivity contribution is 0.113. The van der Waals surface area contributed by atoms with Crippen LogP contribution in [0.15, 0.2) is 0 Å². The molecule has 0 aromatic carbocycles. The van der Waals surface area contributed by atoms with Gasteiger partial charge < -0.3 is 21.1 Å². The maximum Gasteiger partial charge on any atom is 0.314 e. The van der Waals surface area contributed by atoms with Crippen LogP contribution in [0.3, 0.4) is 0 Å². The van der Waals surface area contributed by atoms with E-state index in [1.165, 1.54) is 0 Å². The molecule has 1 saturated heterocycles. The quantitative estimate of drug-likeness (QED) is 0.459. The monoisotopic (exact) mass is 159 g/mol. The summed E-state index contributed by atoms with van der Waals surface area (Å²) >= 11 is 0. The second kappa shape index (κ2) is 3.54. The Bertz CT molecular complexity index is 151. The minimum atomic E-state index is -0.225. The summed E-state index contributed by atoms with van der Waals surface area (Å²) in [6, 6.07) is -0.127. The Kier molecular flexibility index (Phi) is 2.67. The van der Waals surface area contributed by atoms with Gasteiger partial charge in [0.2, 0.25) is 0 Å². The third kappa shape index (κ3) is 2.36. The van der Waals surface area contributed by atoms with E-state index < -0.39 is 0 Å². The summed E-state index contributed by atoms with van der Waals surface area (Å²) in [6.07, 6.45) is 0.463. The van der Waals surface area contributed by atoms with Crippen LogP contribution in [0.5, 0.6) is 0 Å². The molecule has 0 aromatic heterocycles. The molecule has 11 heavy (non-hydrogen) atoms. The second-order valence-electron chi connectivity index (χ2n) is 2.53. The Morgan fingerprint density at radius 2 is 2.45 bits per heavy atom. The number of hydrogen-bond acceptors (Lipinski definition) is 3. The lowest BCUT2D eigenvalue weighted by Gasteiger charge is -2.08. The van der Waals surface area contributed by atoms with Crippen molar-refractivity contribution in [1.29, 1.82) is 0 Å². The first kappa shape index (κ1) is 8.29. The van der Waals surface area contributed by atoms with Gasteiger partial charge in [-0.3, -0.25) is 0 Å². The van der Waals surface area contributed by atoms with Gasteiger partial charge in [-0.05, 0) is 0 Å². The number of ether oxygens (including phenoxy) is 1. The van der Waals surface area contributed by atoms with E-state index in [0.29, 0.717) is 13.0 Å². The fourth-order valence-electron chi connectivity index (χ4n) is 1.01. The Morgan fingerprint density at radius 3 is 2.91 bits per heavy atom. The van der Waals surface area contributed by atoms with Crippen LogP contribution in [0.25, 0.3) is 0 Å². The van der Waals surface area contributed by atoms with Crippen LogP contribution in [-0.4, -0.2) is 32.0 Å². The third-order valence-corrected chi connectivity index (χ3v) is 1.59. The molecule has 1 aliphatic heterocycles. The van der Waals surface area contributed by atoms with Crippen LogP contribution < -0.4 is 16.4 Å². The molecule has 2 unspecified atom stereocenters. The first-order valence-electron chi connectivity index (χ1n) is 3.58. The van der Waals surface area contributed by atoms with Gasteiger partial charge in [-0.25, -0.2) is 4.79 Å². The summed E-state index contributed by atoms with van der Waals surface area (Å²) in [6.45, 7) is 0.509. The first-order valence-corrected chi connectivity index (χ1v) is 3.58. The highest BCUT2D eigenvalue weighted by atomic mass is 16.5. The minimum absolute atomic E-state index is 0.0601.